The van der Waals surface area contributed by atoms with E-state index >= 15 is 0 Å². The zero-order valence-corrected chi connectivity index (χ0v) is 11.8. The molecular weight excluding hydrogens is 315 g/mol. The van der Waals surface area contributed by atoms with E-state index in [9.17, 15) is 8.78 Å². The van der Waals surface area contributed by atoms with Gasteiger partial charge in [-0.1, -0.05) is 46.9 Å². The SMILES string of the molecule is Fc1cccc(CNc2c(Cl)cc(Cl)cc2Cl)c1F. The Morgan fingerprint density at radius 3 is 2.26 bits per heavy atom. The highest BCUT2D eigenvalue weighted by atomic mass is 35.5. The van der Waals surface area contributed by atoms with Gasteiger partial charge in [-0.3, -0.25) is 0 Å². The predicted octanol–water partition coefficient (Wildman–Crippen LogP) is 5.54. The summed E-state index contributed by atoms with van der Waals surface area (Å²) in [5.41, 5.74) is 0.610. The van der Waals surface area contributed by atoms with Gasteiger partial charge < -0.3 is 5.32 Å². The summed E-state index contributed by atoms with van der Waals surface area (Å²) in [6, 6.07) is 6.99. The summed E-state index contributed by atoms with van der Waals surface area (Å²) in [6.07, 6.45) is 0. The van der Waals surface area contributed by atoms with Crippen molar-refractivity contribution in [2.75, 3.05) is 5.32 Å². The minimum absolute atomic E-state index is 0.0602. The fraction of sp³-hybridized carbons (Fsp3) is 0.0769. The Hall–Kier alpha value is -1.03. The van der Waals surface area contributed by atoms with E-state index in [1.165, 1.54) is 24.3 Å². The summed E-state index contributed by atoms with van der Waals surface area (Å²) in [7, 11) is 0. The summed E-state index contributed by atoms with van der Waals surface area (Å²) in [5, 5.41) is 3.89. The summed E-state index contributed by atoms with van der Waals surface area (Å²) in [5.74, 6) is -1.79. The molecule has 0 unspecified atom stereocenters. The largest absolute Gasteiger partial charge is 0.378 e. The number of rotatable bonds is 3. The molecule has 0 fully saturated rings. The van der Waals surface area contributed by atoms with Gasteiger partial charge in [0.2, 0.25) is 0 Å². The van der Waals surface area contributed by atoms with Crippen molar-refractivity contribution in [3.05, 3.63) is 62.6 Å². The summed E-state index contributed by atoms with van der Waals surface area (Å²) >= 11 is 17.7. The molecule has 0 aliphatic rings. The molecule has 0 aliphatic heterocycles. The summed E-state index contributed by atoms with van der Waals surface area (Å²) in [6.45, 7) is 0.0602. The Labute approximate surface area is 124 Å². The van der Waals surface area contributed by atoms with Crippen LogP contribution < -0.4 is 5.32 Å². The van der Waals surface area contributed by atoms with Gasteiger partial charge in [-0.05, 0) is 18.2 Å². The van der Waals surface area contributed by atoms with Crippen molar-refractivity contribution in [1.82, 2.24) is 0 Å². The van der Waals surface area contributed by atoms with Crippen LogP contribution in [0, 0.1) is 11.6 Å². The maximum atomic E-state index is 13.5. The number of anilines is 1. The molecule has 2 rings (SSSR count). The average molecular weight is 323 g/mol. The average Bonchev–Trinajstić information content (AvgIpc) is 2.33. The fourth-order valence-corrected chi connectivity index (χ4v) is 2.53. The molecule has 19 heavy (non-hydrogen) atoms. The zero-order valence-electron chi connectivity index (χ0n) is 9.48. The van der Waals surface area contributed by atoms with E-state index in [1.807, 2.05) is 0 Å². The first-order chi connectivity index (χ1) is 8.99. The quantitative estimate of drug-likeness (QED) is 0.782. The van der Waals surface area contributed by atoms with E-state index in [2.05, 4.69) is 5.32 Å². The lowest BCUT2D eigenvalue weighted by Gasteiger charge is -2.11. The lowest BCUT2D eigenvalue weighted by atomic mass is 10.2. The lowest BCUT2D eigenvalue weighted by molar-refractivity contribution is 0.500. The predicted molar refractivity (Wildman–Crippen MR) is 75.2 cm³/mol. The number of benzene rings is 2. The Morgan fingerprint density at radius 1 is 1.00 bits per heavy atom. The smallest absolute Gasteiger partial charge is 0.163 e. The van der Waals surface area contributed by atoms with Crippen LogP contribution in [0.5, 0.6) is 0 Å². The number of hydrogen-bond donors (Lipinski definition) is 1. The van der Waals surface area contributed by atoms with Crippen LogP contribution in [0.4, 0.5) is 14.5 Å². The third-order valence-corrected chi connectivity index (χ3v) is 3.31. The monoisotopic (exact) mass is 321 g/mol. The lowest BCUT2D eigenvalue weighted by Crippen LogP contribution is -2.04. The third-order valence-electron chi connectivity index (χ3n) is 2.49. The van der Waals surface area contributed by atoms with Gasteiger partial charge in [0.05, 0.1) is 15.7 Å². The van der Waals surface area contributed by atoms with Crippen molar-refractivity contribution in [3.8, 4) is 0 Å². The van der Waals surface area contributed by atoms with Gasteiger partial charge in [-0.15, -0.1) is 0 Å². The standard InChI is InChI=1S/C13H8Cl3F2N/c14-8-4-9(15)13(10(16)5-8)19-6-7-2-1-3-11(17)12(7)18/h1-5,19H,6H2. The number of hydrogen-bond acceptors (Lipinski definition) is 1. The highest BCUT2D eigenvalue weighted by molar-refractivity contribution is 6.41. The van der Waals surface area contributed by atoms with Crippen LogP contribution in [0.25, 0.3) is 0 Å². The molecule has 0 radical (unpaired) electrons. The molecule has 0 atom stereocenters. The Morgan fingerprint density at radius 2 is 1.63 bits per heavy atom. The van der Waals surface area contributed by atoms with Gasteiger partial charge in [0.1, 0.15) is 0 Å². The van der Waals surface area contributed by atoms with Crippen LogP contribution in [-0.4, -0.2) is 0 Å². The molecule has 0 aliphatic carbocycles. The molecule has 1 nitrogen and oxygen atoms in total. The molecule has 0 aromatic heterocycles. The summed E-state index contributed by atoms with van der Waals surface area (Å²) in [4.78, 5) is 0. The molecule has 0 bridgehead atoms. The second-order valence-electron chi connectivity index (χ2n) is 3.81. The molecular formula is C13H8Cl3F2N. The third kappa shape index (κ3) is 3.30. The molecule has 6 heteroatoms. The first kappa shape index (κ1) is 14.4. The van der Waals surface area contributed by atoms with Crippen molar-refractivity contribution >= 4 is 40.5 Å². The molecule has 2 aromatic carbocycles. The molecule has 0 spiro atoms. The van der Waals surface area contributed by atoms with Gasteiger partial charge in [0.15, 0.2) is 11.6 Å². The van der Waals surface area contributed by atoms with Crippen LogP contribution in [-0.2, 0) is 6.54 Å². The normalized spacial score (nSPS) is 10.6. The van der Waals surface area contributed by atoms with E-state index in [1.54, 1.807) is 0 Å². The van der Waals surface area contributed by atoms with Gasteiger partial charge in [0.25, 0.3) is 0 Å². The van der Waals surface area contributed by atoms with E-state index in [0.717, 1.165) is 6.07 Å². The van der Waals surface area contributed by atoms with Crippen molar-refractivity contribution < 1.29 is 8.78 Å². The highest BCUT2D eigenvalue weighted by Crippen LogP contribution is 2.34. The van der Waals surface area contributed by atoms with Crippen LogP contribution in [0.2, 0.25) is 15.1 Å². The van der Waals surface area contributed by atoms with Crippen LogP contribution in [0.1, 0.15) is 5.56 Å². The van der Waals surface area contributed by atoms with Gasteiger partial charge in [-0.25, -0.2) is 8.78 Å². The minimum Gasteiger partial charge on any atom is -0.378 e. The molecule has 0 saturated heterocycles. The molecule has 1 N–H and O–H groups in total. The fourth-order valence-electron chi connectivity index (χ4n) is 1.58. The first-order valence-corrected chi connectivity index (χ1v) is 6.43. The second kappa shape index (κ2) is 5.95. The highest BCUT2D eigenvalue weighted by Gasteiger charge is 2.10. The van der Waals surface area contributed by atoms with Crippen LogP contribution >= 0.6 is 34.8 Å². The van der Waals surface area contributed by atoms with Crippen molar-refractivity contribution in [2.24, 2.45) is 0 Å². The number of nitrogens with one attached hydrogen (secondary N) is 1. The Bertz CT molecular complexity index is 594. The maximum absolute atomic E-state index is 13.5. The van der Waals surface area contributed by atoms with Crippen LogP contribution in [0.15, 0.2) is 30.3 Å². The molecule has 0 heterocycles. The molecule has 0 amide bonds. The van der Waals surface area contributed by atoms with Gasteiger partial charge in [-0.2, -0.15) is 0 Å². The van der Waals surface area contributed by atoms with E-state index in [-0.39, 0.29) is 12.1 Å². The maximum Gasteiger partial charge on any atom is 0.163 e. The minimum atomic E-state index is -0.896. The van der Waals surface area contributed by atoms with Crippen molar-refractivity contribution in [3.63, 3.8) is 0 Å². The second-order valence-corrected chi connectivity index (χ2v) is 5.06. The molecule has 100 valence electrons. The van der Waals surface area contributed by atoms with E-state index < -0.39 is 11.6 Å². The topological polar surface area (TPSA) is 12.0 Å². The number of halogens is 5. The molecule has 0 saturated carbocycles. The van der Waals surface area contributed by atoms with E-state index in [0.29, 0.717) is 20.8 Å². The Kier molecular flexibility index (Phi) is 4.50. The molecule has 2 aromatic rings. The Balaban J connectivity index is 2.22. The first-order valence-electron chi connectivity index (χ1n) is 5.30. The van der Waals surface area contributed by atoms with Crippen molar-refractivity contribution in [1.29, 1.82) is 0 Å². The van der Waals surface area contributed by atoms with Crippen LogP contribution in [0.3, 0.4) is 0 Å². The summed E-state index contributed by atoms with van der Waals surface area (Å²) < 4.78 is 26.5. The van der Waals surface area contributed by atoms with Gasteiger partial charge >= 0.3 is 0 Å². The van der Waals surface area contributed by atoms with E-state index in [4.69, 9.17) is 34.8 Å². The zero-order chi connectivity index (χ0) is 14.0. The van der Waals surface area contributed by atoms with Gasteiger partial charge in [0, 0.05) is 17.1 Å². The van der Waals surface area contributed by atoms with Crippen molar-refractivity contribution in [2.45, 2.75) is 6.54 Å².